The average Bonchev–Trinajstić information content (AvgIpc) is 2.65. The standard InChI is InChI=1S/C19H24N2O5/c1-13-11-15(8-9-16(13)21(24)25)19(23)26-12-18(22)20-10-4-6-14-5-2-3-7-17(14)20/h8-9,11,14,17H,2-7,10,12H2,1H3/t14-,17-/m0/s1. The molecular weight excluding hydrogens is 336 g/mol. The number of fused-ring (bicyclic) bond motifs is 1. The Morgan fingerprint density at radius 2 is 1.96 bits per heavy atom. The van der Waals surface area contributed by atoms with Crippen LogP contribution in [0, 0.1) is 23.0 Å². The Balaban J connectivity index is 1.59. The third-order valence-corrected chi connectivity index (χ3v) is 5.52. The van der Waals surface area contributed by atoms with Gasteiger partial charge in [0.05, 0.1) is 10.5 Å². The number of likely N-dealkylation sites (tertiary alicyclic amines) is 1. The summed E-state index contributed by atoms with van der Waals surface area (Å²) in [4.78, 5) is 37.0. The number of benzene rings is 1. The van der Waals surface area contributed by atoms with E-state index in [0.29, 0.717) is 11.5 Å². The van der Waals surface area contributed by atoms with E-state index < -0.39 is 10.9 Å². The van der Waals surface area contributed by atoms with Crippen LogP contribution >= 0.6 is 0 Å². The highest BCUT2D eigenvalue weighted by atomic mass is 16.6. The lowest BCUT2D eigenvalue weighted by molar-refractivity contribution is -0.385. The fourth-order valence-electron chi connectivity index (χ4n) is 4.22. The van der Waals surface area contributed by atoms with Gasteiger partial charge in [-0.15, -0.1) is 0 Å². The monoisotopic (exact) mass is 360 g/mol. The van der Waals surface area contributed by atoms with Crippen molar-refractivity contribution in [2.75, 3.05) is 13.2 Å². The van der Waals surface area contributed by atoms with Gasteiger partial charge in [-0.2, -0.15) is 0 Å². The van der Waals surface area contributed by atoms with Crippen LogP contribution in [0.2, 0.25) is 0 Å². The lowest BCUT2D eigenvalue weighted by atomic mass is 9.78. The van der Waals surface area contributed by atoms with Crippen molar-refractivity contribution in [1.82, 2.24) is 4.90 Å². The predicted molar refractivity (Wildman–Crippen MR) is 94.8 cm³/mol. The molecule has 1 heterocycles. The molecule has 1 aromatic carbocycles. The molecule has 0 unspecified atom stereocenters. The number of piperidine rings is 1. The van der Waals surface area contributed by atoms with Gasteiger partial charge < -0.3 is 9.64 Å². The number of aryl methyl sites for hydroxylation is 1. The molecule has 1 amide bonds. The molecule has 1 saturated carbocycles. The number of nitro benzene ring substituents is 1. The van der Waals surface area contributed by atoms with E-state index in [1.54, 1.807) is 6.92 Å². The summed E-state index contributed by atoms with van der Waals surface area (Å²) in [6, 6.07) is 4.34. The van der Waals surface area contributed by atoms with Crippen molar-refractivity contribution in [2.45, 2.75) is 51.5 Å². The topological polar surface area (TPSA) is 89.8 Å². The number of amides is 1. The molecule has 0 N–H and O–H groups in total. The first-order valence-corrected chi connectivity index (χ1v) is 9.19. The molecule has 0 spiro atoms. The van der Waals surface area contributed by atoms with Crippen molar-refractivity contribution in [3.05, 3.63) is 39.4 Å². The number of hydrogen-bond acceptors (Lipinski definition) is 5. The van der Waals surface area contributed by atoms with Crippen LogP contribution in [0.25, 0.3) is 0 Å². The average molecular weight is 360 g/mol. The Kier molecular flexibility index (Phi) is 5.54. The molecule has 2 atom stereocenters. The summed E-state index contributed by atoms with van der Waals surface area (Å²) in [5.74, 6) is -0.198. The molecule has 1 aliphatic heterocycles. The van der Waals surface area contributed by atoms with Crippen LogP contribution in [0.3, 0.4) is 0 Å². The van der Waals surface area contributed by atoms with Gasteiger partial charge in [-0.25, -0.2) is 4.79 Å². The van der Waals surface area contributed by atoms with Gasteiger partial charge in [0.2, 0.25) is 0 Å². The van der Waals surface area contributed by atoms with Gasteiger partial charge >= 0.3 is 5.97 Å². The molecule has 1 saturated heterocycles. The predicted octanol–water partition coefficient (Wildman–Crippen LogP) is 3.24. The SMILES string of the molecule is Cc1cc(C(=O)OCC(=O)N2CCC[C@@H]3CCCC[C@@H]32)ccc1[N+](=O)[O-]. The number of carbonyl (C=O) groups is 2. The lowest BCUT2D eigenvalue weighted by Crippen LogP contribution is -2.50. The summed E-state index contributed by atoms with van der Waals surface area (Å²) < 4.78 is 5.18. The maximum absolute atomic E-state index is 12.6. The molecule has 2 aliphatic rings. The van der Waals surface area contributed by atoms with E-state index in [1.165, 1.54) is 37.5 Å². The molecular formula is C19H24N2O5. The van der Waals surface area contributed by atoms with Crippen molar-refractivity contribution < 1.29 is 19.2 Å². The zero-order valence-electron chi connectivity index (χ0n) is 15.0. The minimum atomic E-state index is -0.631. The van der Waals surface area contributed by atoms with E-state index in [-0.39, 0.29) is 29.8 Å². The number of rotatable bonds is 4. The highest BCUT2D eigenvalue weighted by Gasteiger charge is 2.35. The first-order chi connectivity index (χ1) is 12.5. The normalized spacial score (nSPS) is 22.4. The molecule has 1 aliphatic carbocycles. The number of hydrogen-bond donors (Lipinski definition) is 0. The summed E-state index contributed by atoms with van der Waals surface area (Å²) in [5.41, 5.74) is 0.557. The molecule has 0 aromatic heterocycles. The highest BCUT2D eigenvalue weighted by molar-refractivity contribution is 5.92. The third-order valence-electron chi connectivity index (χ3n) is 5.52. The summed E-state index contributed by atoms with van der Waals surface area (Å²) in [5, 5.41) is 10.8. The summed E-state index contributed by atoms with van der Waals surface area (Å²) in [7, 11) is 0. The second-order valence-electron chi connectivity index (χ2n) is 7.18. The Hall–Kier alpha value is -2.44. The van der Waals surface area contributed by atoms with Gasteiger partial charge in [-0.05, 0) is 50.7 Å². The van der Waals surface area contributed by atoms with E-state index in [2.05, 4.69) is 0 Å². The zero-order chi connectivity index (χ0) is 18.7. The van der Waals surface area contributed by atoms with Crippen LogP contribution in [0.4, 0.5) is 5.69 Å². The highest BCUT2D eigenvalue weighted by Crippen LogP contribution is 2.35. The van der Waals surface area contributed by atoms with E-state index in [0.717, 1.165) is 25.8 Å². The second-order valence-corrected chi connectivity index (χ2v) is 7.18. The first kappa shape index (κ1) is 18.4. The minimum Gasteiger partial charge on any atom is -0.452 e. The van der Waals surface area contributed by atoms with E-state index in [9.17, 15) is 19.7 Å². The van der Waals surface area contributed by atoms with E-state index in [4.69, 9.17) is 4.74 Å². The minimum absolute atomic E-state index is 0.0470. The van der Waals surface area contributed by atoms with Crippen LogP contribution in [-0.4, -0.2) is 40.9 Å². The second kappa shape index (κ2) is 7.85. The fraction of sp³-hybridized carbons (Fsp3) is 0.579. The van der Waals surface area contributed by atoms with Crippen LogP contribution < -0.4 is 0 Å². The lowest BCUT2D eigenvalue weighted by Gasteiger charge is -2.44. The van der Waals surface area contributed by atoms with Crippen molar-refractivity contribution in [3.63, 3.8) is 0 Å². The van der Waals surface area contributed by atoms with Crippen molar-refractivity contribution in [1.29, 1.82) is 0 Å². The van der Waals surface area contributed by atoms with Gasteiger partial charge in [0.1, 0.15) is 0 Å². The van der Waals surface area contributed by atoms with Crippen molar-refractivity contribution >= 4 is 17.6 Å². The molecule has 2 fully saturated rings. The smallest absolute Gasteiger partial charge is 0.338 e. The first-order valence-electron chi connectivity index (χ1n) is 9.19. The van der Waals surface area contributed by atoms with Gasteiger partial charge in [0.25, 0.3) is 11.6 Å². The molecule has 26 heavy (non-hydrogen) atoms. The Morgan fingerprint density at radius 3 is 2.69 bits per heavy atom. The fourth-order valence-corrected chi connectivity index (χ4v) is 4.22. The van der Waals surface area contributed by atoms with Crippen LogP contribution in [0.1, 0.15) is 54.4 Å². The molecule has 7 nitrogen and oxygen atoms in total. The van der Waals surface area contributed by atoms with Gasteiger partial charge in [-0.1, -0.05) is 12.8 Å². The summed E-state index contributed by atoms with van der Waals surface area (Å²) in [6.45, 7) is 2.02. The molecule has 0 bridgehead atoms. The van der Waals surface area contributed by atoms with Crippen LogP contribution in [0.5, 0.6) is 0 Å². The summed E-state index contributed by atoms with van der Waals surface area (Å²) in [6.07, 6.45) is 6.77. The van der Waals surface area contributed by atoms with E-state index in [1.807, 2.05) is 4.90 Å². The van der Waals surface area contributed by atoms with Crippen LogP contribution in [-0.2, 0) is 9.53 Å². The molecule has 0 radical (unpaired) electrons. The zero-order valence-corrected chi connectivity index (χ0v) is 15.0. The molecule has 7 heteroatoms. The maximum atomic E-state index is 12.6. The van der Waals surface area contributed by atoms with Gasteiger partial charge in [-0.3, -0.25) is 14.9 Å². The Labute approximate surface area is 152 Å². The molecule has 140 valence electrons. The van der Waals surface area contributed by atoms with Gasteiger partial charge in [0, 0.05) is 24.2 Å². The number of nitro groups is 1. The Bertz CT molecular complexity index is 716. The number of esters is 1. The molecule has 3 rings (SSSR count). The van der Waals surface area contributed by atoms with Crippen LogP contribution in [0.15, 0.2) is 18.2 Å². The number of carbonyl (C=O) groups excluding carboxylic acids is 2. The summed E-state index contributed by atoms with van der Waals surface area (Å²) >= 11 is 0. The Morgan fingerprint density at radius 1 is 1.23 bits per heavy atom. The van der Waals surface area contributed by atoms with Gasteiger partial charge in [0.15, 0.2) is 6.61 Å². The third kappa shape index (κ3) is 3.86. The number of ether oxygens (including phenoxy) is 1. The van der Waals surface area contributed by atoms with Crippen molar-refractivity contribution in [2.24, 2.45) is 5.92 Å². The molecule has 1 aromatic rings. The van der Waals surface area contributed by atoms with E-state index >= 15 is 0 Å². The quantitative estimate of drug-likeness (QED) is 0.467. The largest absolute Gasteiger partial charge is 0.452 e. The number of nitrogens with zero attached hydrogens (tertiary/aromatic N) is 2. The maximum Gasteiger partial charge on any atom is 0.338 e. The van der Waals surface area contributed by atoms with Crippen molar-refractivity contribution in [3.8, 4) is 0 Å².